The molecule has 0 unspecified atom stereocenters. The van der Waals surface area contributed by atoms with Gasteiger partial charge in [-0.05, 0) is 49.4 Å². The number of amides is 1. The first-order valence-corrected chi connectivity index (χ1v) is 9.74. The number of aryl methyl sites for hydroxylation is 1. The summed E-state index contributed by atoms with van der Waals surface area (Å²) in [6.07, 6.45) is 4.61. The molecular formula is C22H23N5O3. The van der Waals surface area contributed by atoms with Gasteiger partial charge in [0.25, 0.3) is 0 Å². The molecule has 1 fully saturated rings. The lowest BCUT2D eigenvalue weighted by atomic mass is 10.2. The Morgan fingerprint density at radius 2 is 1.87 bits per heavy atom. The van der Waals surface area contributed by atoms with Crippen molar-refractivity contribution in [3.63, 3.8) is 0 Å². The number of furan rings is 1. The number of carbonyl (C=O) groups is 1. The van der Waals surface area contributed by atoms with Gasteiger partial charge in [-0.2, -0.15) is 4.98 Å². The van der Waals surface area contributed by atoms with Gasteiger partial charge in [-0.15, -0.1) is 0 Å². The van der Waals surface area contributed by atoms with Crippen molar-refractivity contribution in [3.05, 3.63) is 66.3 Å². The average molecular weight is 405 g/mol. The molecule has 0 radical (unpaired) electrons. The molecule has 0 aliphatic carbocycles. The Labute approximate surface area is 174 Å². The molecule has 3 aromatic rings. The normalized spacial score (nSPS) is 14.1. The van der Waals surface area contributed by atoms with E-state index >= 15 is 0 Å². The summed E-state index contributed by atoms with van der Waals surface area (Å²) in [7, 11) is 0. The molecule has 154 valence electrons. The molecule has 4 rings (SSSR count). The van der Waals surface area contributed by atoms with Crippen molar-refractivity contribution in [1.82, 2.24) is 9.97 Å². The summed E-state index contributed by atoms with van der Waals surface area (Å²) >= 11 is 0. The standard InChI is InChI=1S/C22H23N5O3/c1-16-15-20(26-22(23-16)27-10-13-29-14-11-27)24-17-4-6-18(7-5-17)25-21(28)9-8-19-3-2-12-30-19/h2-9,12,15H,10-11,13-14H2,1H3,(H,25,28)(H,23,24,26)/b9-8+. The fourth-order valence-electron chi connectivity index (χ4n) is 3.03. The van der Waals surface area contributed by atoms with Crippen LogP contribution in [0.4, 0.5) is 23.1 Å². The number of anilines is 4. The van der Waals surface area contributed by atoms with Crippen LogP contribution in [-0.4, -0.2) is 42.2 Å². The third-order valence-electron chi connectivity index (χ3n) is 4.50. The van der Waals surface area contributed by atoms with Crippen LogP contribution in [0.25, 0.3) is 6.08 Å². The number of carbonyl (C=O) groups excluding carboxylic acids is 1. The van der Waals surface area contributed by atoms with Crippen LogP contribution in [0.15, 0.2) is 59.2 Å². The van der Waals surface area contributed by atoms with Gasteiger partial charge in [0.05, 0.1) is 19.5 Å². The minimum absolute atomic E-state index is 0.228. The molecule has 2 N–H and O–H groups in total. The summed E-state index contributed by atoms with van der Waals surface area (Å²) < 4.78 is 10.6. The molecule has 0 bridgehead atoms. The topological polar surface area (TPSA) is 92.5 Å². The van der Waals surface area contributed by atoms with Crippen molar-refractivity contribution >= 4 is 35.1 Å². The van der Waals surface area contributed by atoms with E-state index in [-0.39, 0.29) is 5.91 Å². The maximum Gasteiger partial charge on any atom is 0.248 e. The minimum atomic E-state index is -0.228. The van der Waals surface area contributed by atoms with Crippen molar-refractivity contribution in [2.24, 2.45) is 0 Å². The zero-order valence-corrected chi connectivity index (χ0v) is 16.7. The first kappa shape index (κ1) is 19.7. The molecular weight excluding hydrogens is 382 g/mol. The highest BCUT2D eigenvalue weighted by atomic mass is 16.5. The van der Waals surface area contributed by atoms with Crippen LogP contribution in [0.3, 0.4) is 0 Å². The number of nitrogens with one attached hydrogen (secondary N) is 2. The summed E-state index contributed by atoms with van der Waals surface area (Å²) in [5.41, 5.74) is 2.45. The van der Waals surface area contributed by atoms with Crippen LogP contribution in [0.5, 0.6) is 0 Å². The summed E-state index contributed by atoms with van der Waals surface area (Å²) in [6, 6.07) is 12.9. The van der Waals surface area contributed by atoms with Gasteiger partial charge in [-0.3, -0.25) is 4.79 Å². The van der Waals surface area contributed by atoms with E-state index in [4.69, 9.17) is 9.15 Å². The smallest absolute Gasteiger partial charge is 0.248 e. The zero-order chi connectivity index (χ0) is 20.8. The van der Waals surface area contributed by atoms with Gasteiger partial charge >= 0.3 is 0 Å². The third-order valence-corrected chi connectivity index (χ3v) is 4.50. The molecule has 0 atom stereocenters. The van der Waals surface area contributed by atoms with Gasteiger partial charge in [0.15, 0.2) is 0 Å². The highest BCUT2D eigenvalue weighted by molar-refractivity contribution is 6.01. The zero-order valence-electron chi connectivity index (χ0n) is 16.7. The van der Waals surface area contributed by atoms with Gasteiger partial charge in [0, 0.05) is 42.3 Å². The van der Waals surface area contributed by atoms with Crippen LogP contribution >= 0.6 is 0 Å². The van der Waals surface area contributed by atoms with Gasteiger partial charge in [0.1, 0.15) is 11.6 Å². The van der Waals surface area contributed by atoms with E-state index in [1.807, 2.05) is 37.3 Å². The molecule has 1 aliphatic heterocycles. The number of aromatic nitrogens is 2. The fraction of sp³-hybridized carbons (Fsp3) is 0.227. The Hall–Kier alpha value is -3.65. The van der Waals surface area contributed by atoms with Crippen LogP contribution in [0, 0.1) is 6.92 Å². The summed E-state index contributed by atoms with van der Waals surface area (Å²) in [5, 5.41) is 6.12. The van der Waals surface area contributed by atoms with Crippen LogP contribution < -0.4 is 15.5 Å². The van der Waals surface area contributed by atoms with E-state index in [1.165, 1.54) is 6.08 Å². The van der Waals surface area contributed by atoms with Crippen LogP contribution in [-0.2, 0) is 9.53 Å². The number of nitrogens with zero attached hydrogens (tertiary/aromatic N) is 3. The lowest BCUT2D eigenvalue weighted by molar-refractivity contribution is -0.111. The molecule has 1 amide bonds. The van der Waals surface area contributed by atoms with E-state index in [0.29, 0.717) is 30.6 Å². The van der Waals surface area contributed by atoms with E-state index in [2.05, 4.69) is 25.5 Å². The number of hydrogen-bond acceptors (Lipinski definition) is 7. The summed E-state index contributed by atoms with van der Waals surface area (Å²) in [5.74, 6) is 1.82. The predicted molar refractivity (Wildman–Crippen MR) is 116 cm³/mol. The second kappa shape index (κ2) is 9.23. The van der Waals surface area contributed by atoms with Gasteiger partial charge < -0.3 is 24.7 Å². The van der Waals surface area contributed by atoms with E-state index in [0.717, 1.165) is 30.3 Å². The predicted octanol–water partition coefficient (Wildman–Crippen LogP) is 3.61. The molecule has 8 nitrogen and oxygen atoms in total. The SMILES string of the molecule is Cc1cc(Nc2ccc(NC(=O)/C=C/c3ccco3)cc2)nc(N2CCOCC2)n1. The number of benzene rings is 1. The second-order valence-electron chi connectivity index (χ2n) is 6.83. The molecule has 1 aliphatic rings. The number of morpholine rings is 1. The Morgan fingerprint density at radius 3 is 2.60 bits per heavy atom. The highest BCUT2D eigenvalue weighted by Gasteiger charge is 2.15. The second-order valence-corrected chi connectivity index (χ2v) is 6.83. The number of ether oxygens (including phenoxy) is 1. The largest absolute Gasteiger partial charge is 0.465 e. The molecule has 30 heavy (non-hydrogen) atoms. The van der Waals surface area contributed by atoms with Crippen LogP contribution in [0.1, 0.15) is 11.5 Å². The number of hydrogen-bond donors (Lipinski definition) is 2. The molecule has 3 heterocycles. The third kappa shape index (κ3) is 5.24. The summed E-state index contributed by atoms with van der Waals surface area (Å²) in [4.78, 5) is 23.3. The molecule has 2 aromatic heterocycles. The minimum Gasteiger partial charge on any atom is -0.465 e. The summed E-state index contributed by atoms with van der Waals surface area (Å²) in [6.45, 7) is 4.89. The maximum absolute atomic E-state index is 12.0. The fourth-order valence-corrected chi connectivity index (χ4v) is 3.03. The van der Waals surface area contributed by atoms with Gasteiger partial charge in [-0.25, -0.2) is 4.98 Å². The van der Waals surface area contributed by atoms with Gasteiger partial charge in [-0.1, -0.05) is 0 Å². The number of rotatable bonds is 6. The first-order valence-electron chi connectivity index (χ1n) is 9.74. The lowest BCUT2D eigenvalue weighted by Gasteiger charge is -2.27. The Kier molecular flexibility index (Phi) is 6.05. The lowest BCUT2D eigenvalue weighted by Crippen LogP contribution is -2.37. The highest BCUT2D eigenvalue weighted by Crippen LogP contribution is 2.21. The molecule has 0 saturated carbocycles. The van der Waals surface area contributed by atoms with E-state index in [1.54, 1.807) is 24.5 Å². The van der Waals surface area contributed by atoms with Crippen molar-refractivity contribution in [3.8, 4) is 0 Å². The molecule has 1 aromatic carbocycles. The quantitative estimate of drug-likeness (QED) is 0.605. The van der Waals surface area contributed by atoms with Gasteiger partial charge in [0.2, 0.25) is 11.9 Å². The van der Waals surface area contributed by atoms with E-state index in [9.17, 15) is 4.79 Å². The van der Waals surface area contributed by atoms with Crippen molar-refractivity contribution < 1.29 is 13.9 Å². The molecule has 0 spiro atoms. The monoisotopic (exact) mass is 405 g/mol. The Morgan fingerprint density at radius 1 is 1.10 bits per heavy atom. The molecule has 8 heteroatoms. The van der Waals surface area contributed by atoms with Crippen molar-refractivity contribution in [2.45, 2.75) is 6.92 Å². The van der Waals surface area contributed by atoms with Crippen LogP contribution in [0.2, 0.25) is 0 Å². The van der Waals surface area contributed by atoms with Crippen molar-refractivity contribution in [1.29, 1.82) is 0 Å². The first-order chi connectivity index (χ1) is 14.7. The maximum atomic E-state index is 12.0. The van der Waals surface area contributed by atoms with Crippen molar-refractivity contribution in [2.75, 3.05) is 41.8 Å². The average Bonchev–Trinajstić information content (AvgIpc) is 3.28. The Balaban J connectivity index is 1.38. The Bertz CT molecular complexity index is 1010. The molecule has 1 saturated heterocycles. The van der Waals surface area contributed by atoms with E-state index < -0.39 is 0 Å².